The number of aromatic carboxylic acids is 1. The van der Waals surface area contributed by atoms with Gasteiger partial charge in [-0.2, -0.15) is 0 Å². The van der Waals surface area contributed by atoms with Gasteiger partial charge in [-0.3, -0.25) is 4.79 Å². The Balaban J connectivity index is 2.57. The summed E-state index contributed by atoms with van der Waals surface area (Å²) >= 11 is 1.49. The van der Waals surface area contributed by atoms with Crippen molar-refractivity contribution >= 4 is 17.3 Å². The van der Waals surface area contributed by atoms with E-state index in [9.17, 15) is 9.59 Å². The number of nitrogens with one attached hydrogen (secondary N) is 1. The van der Waals surface area contributed by atoms with E-state index in [1.165, 1.54) is 23.6 Å². The first-order valence-electron chi connectivity index (χ1n) is 4.18. The van der Waals surface area contributed by atoms with Crippen LogP contribution in [0.2, 0.25) is 0 Å². The highest BCUT2D eigenvalue weighted by Gasteiger charge is 2.10. The standard InChI is InChI=1S/C10H7NO3S/c12-9-7(10(13)14)4-6(5-11-9)8-2-1-3-15-8/h1-5H,(H,11,12)(H,13,14). The molecule has 2 aromatic heterocycles. The molecule has 0 atom stereocenters. The minimum absolute atomic E-state index is 0.235. The smallest absolute Gasteiger partial charge is 0.341 e. The lowest BCUT2D eigenvalue weighted by Crippen LogP contribution is -2.16. The average molecular weight is 221 g/mol. The summed E-state index contributed by atoms with van der Waals surface area (Å²) in [7, 11) is 0. The van der Waals surface area contributed by atoms with Crippen molar-refractivity contribution in [1.82, 2.24) is 4.98 Å². The van der Waals surface area contributed by atoms with Gasteiger partial charge in [0, 0.05) is 16.6 Å². The van der Waals surface area contributed by atoms with Crippen LogP contribution in [0.3, 0.4) is 0 Å². The normalized spacial score (nSPS) is 10.1. The summed E-state index contributed by atoms with van der Waals surface area (Å²) in [5.41, 5.74) is -0.106. The number of pyridine rings is 1. The average Bonchev–Trinajstić information content (AvgIpc) is 2.71. The number of hydrogen-bond donors (Lipinski definition) is 2. The molecule has 0 bridgehead atoms. The molecular formula is C10H7NO3S. The summed E-state index contributed by atoms with van der Waals surface area (Å²) < 4.78 is 0. The molecule has 4 nitrogen and oxygen atoms in total. The predicted octanol–water partition coefficient (Wildman–Crippen LogP) is 1.80. The summed E-state index contributed by atoms with van der Waals surface area (Å²) in [5, 5.41) is 10.7. The lowest BCUT2D eigenvalue weighted by Gasteiger charge is -1.98. The van der Waals surface area contributed by atoms with Crippen molar-refractivity contribution in [1.29, 1.82) is 0 Å². The number of aromatic amines is 1. The molecule has 2 rings (SSSR count). The van der Waals surface area contributed by atoms with E-state index in [1.807, 2.05) is 17.5 Å². The van der Waals surface area contributed by atoms with Gasteiger partial charge in [0.25, 0.3) is 5.56 Å². The van der Waals surface area contributed by atoms with Crippen LogP contribution in [0.1, 0.15) is 10.4 Å². The molecule has 76 valence electrons. The first-order chi connectivity index (χ1) is 7.18. The highest BCUT2D eigenvalue weighted by Crippen LogP contribution is 2.23. The Kier molecular flexibility index (Phi) is 2.39. The zero-order valence-corrected chi connectivity index (χ0v) is 8.38. The van der Waals surface area contributed by atoms with Crippen molar-refractivity contribution in [2.75, 3.05) is 0 Å². The van der Waals surface area contributed by atoms with Crippen LogP contribution in [-0.2, 0) is 0 Å². The Labute approximate surface area is 88.8 Å². The quantitative estimate of drug-likeness (QED) is 0.812. The maximum atomic E-state index is 11.1. The van der Waals surface area contributed by atoms with Gasteiger partial charge in [0.05, 0.1) is 0 Å². The van der Waals surface area contributed by atoms with Crippen LogP contribution < -0.4 is 5.56 Å². The van der Waals surface area contributed by atoms with E-state index in [0.717, 1.165) is 4.88 Å². The predicted molar refractivity (Wildman–Crippen MR) is 57.3 cm³/mol. The highest BCUT2D eigenvalue weighted by molar-refractivity contribution is 7.13. The molecule has 2 N–H and O–H groups in total. The van der Waals surface area contributed by atoms with Crippen LogP contribution in [0.25, 0.3) is 10.4 Å². The maximum Gasteiger partial charge on any atom is 0.341 e. The third-order valence-corrected chi connectivity index (χ3v) is 2.86. The van der Waals surface area contributed by atoms with Gasteiger partial charge in [0.1, 0.15) is 5.56 Å². The molecule has 2 aromatic rings. The number of hydrogen-bond acceptors (Lipinski definition) is 3. The SMILES string of the molecule is O=C(O)c1cc(-c2cccs2)c[nH]c1=O. The molecule has 5 heteroatoms. The van der Waals surface area contributed by atoms with Gasteiger partial charge >= 0.3 is 5.97 Å². The second-order valence-corrected chi connectivity index (χ2v) is 3.86. The first kappa shape index (κ1) is 9.67. The molecule has 0 saturated carbocycles. The van der Waals surface area contributed by atoms with E-state index in [-0.39, 0.29) is 5.56 Å². The van der Waals surface area contributed by atoms with E-state index in [1.54, 1.807) is 0 Å². The minimum Gasteiger partial charge on any atom is -0.477 e. The third-order valence-electron chi connectivity index (χ3n) is 1.94. The van der Waals surface area contributed by atoms with Crippen LogP contribution in [0.15, 0.2) is 34.6 Å². The van der Waals surface area contributed by atoms with E-state index in [2.05, 4.69) is 4.98 Å². The molecule has 0 amide bonds. The Hall–Kier alpha value is -1.88. The Morgan fingerprint density at radius 2 is 2.27 bits per heavy atom. The van der Waals surface area contributed by atoms with Crippen molar-refractivity contribution in [3.63, 3.8) is 0 Å². The van der Waals surface area contributed by atoms with E-state index >= 15 is 0 Å². The molecule has 0 aliphatic carbocycles. The number of carboxylic acid groups (broad SMARTS) is 1. The zero-order valence-electron chi connectivity index (χ0n) is 7.56. The molecule has 0 spiro atoms. The van der Waals surface area contributed by atoms with Crippen LogP contribution in [-0.4, -0.2) is 16.1 Å². The number of rotatable bonds is 2. The fourth-order valence-corrected chi connectivity index (χ4v) is 1.94. The van der Waals surface area contributed by atoms with Crippen LogP contribution >= 0.6 is 11.3 Å². The molecular weight excluding hydrogens is 214 g/mol. The Morgan fingerprint density at radius 3 is 2.87 bits per heavy atom. The van der Waals surface area contributed by atoms with Gasteiger partial charge in [0.15, 0.2) is 0 Å². The maximum absolute atomic E-state index is 11.1. The van der Waals surface area contributed by atoms with Crippen molar-refractivity contribution in [2.45, 2.75) is 0 Å². The van der Waals surface area contributed by atoms with Crippen LogP contribution in [0, 0.1) is 0 Å². The second-order valence-electron chi connectivity index (χ2n) is 2.91. The number of carbonyl (C=O) groups is 1. The Morgan fingerprint density at radius 1 is 1.47 bits per heavy atom. The van der Waals surface area contributed by atoms with Gasteiger partial charge < -0.3 is 10.1 Å². The fraction of sp³-hybridized carbons (Fsp3) is 0. The topological polar surface area (TPSA) is 70.2 Å². The zero-order chi connectivity index (χ0) is 10.8. The van der Waals surface area contributed by atoms with Crippen molar-refractivity contribution in [2.24, 2.45) is 0 Å². The van der Waals surface area contributed by atoms with Crippen LogP contribution in [0.5, 0.6) is 0 Å². The lowest BCUT2D eigenvalue weighted by atomic mass is 10.2. The molecule has 0 aliphatic heterocycles. The van der Waals surface area contributed by atoms with Crippen LogP contribution in [0.4, 0.5) is 0 Å². The molecule has 0 aromatic carbocycles. The summed E-state index contributed by atoms with van der Waals surface area (Å²) in [5.74, 6) is -1.21. The molecule has 0 aliphatic rings. The highest BCUT2D eigenvalue weighted by atomic mass is 32.1. The number of aromatic nitrogens is 1. The summed E-state index contributed by atoms with van der Waals surface area (Å²) in [4.78, 5) is 25.2. The molecule has 2 heterocycles. The van der Waals surface area contributed by atoms with Crippen molar-refractivity contribution in [3.05, 3.63) is 45.7 Å². The van der Waals surface area contributed by atoms with E-state index in [4.69, 9.17) is 5.11 Å². The molecule has 0 fully saturated rings. The lowest BCUT2D eigenvalue weighted by molar-refractivity contribution is 0.0695. The monoisotopic (exact) mass is 221 g/mol. The first-order valence-corrected chi connectivity index (χ1v) is 5.06. The van der Waals surface area contributed by atoms with E-state index in [0.29, 0.717) is 5.56 Å². The summed E-state index contributed by atoms with van der Waals surface area (Å²) in [6, 6.07) is 5.11. The molecule has 0 unspecified atom stereocenters. The van der Waals surface area contributed by atoms with Crippen molar-refractivity contribution in [3.8, 4) is 10.4 Å². The minimum atomic E-state index is -1.21. The van der Waals surface area contributed by atoms with Gasteiger partial charge in [-0.25, -0.2) is 4.79 Å². The molecule has 0 saturated heterocycles. The summed E-state index contributed by atoms with van der Waals surface area (Å²) in [6.45, 7) is 0. The molecule has 0 radical (unpaired) electrons. The molecule has 15 heavy (non-hydrogen) atoms. The number of thiophene rings is 1. The van der Waals surface area contributed by atoms with Gasteiger partial charge in [0.2, 0.25) is 0 Å². The number of carboxylic acids is 1. The summed E-state index contributed by atoms with van der Waals surface area (Å²) in [6.07, 6.45) is 1.51. The van der Waals surface area contributed by atoms with Gasteiger partial charge in [-0.1, -0.05) is 6.07 Å². The van der Waals surface area contributed by atoms with Gasteiger partial charge in [-0.15, -0.1) is 11.3 Å². The Bertz CT molecular complexity index is 542. The second kappa shape index (κ2) is 3.70. The van der Waals surface area contributed by atoms with Crippen molar-refractivity contribution < 1.29 is 9.90 Å². The number of H-pyrrole nitrogens is 1. The largest absolute Gasteiger partial charge is 0.477 e. The van der Waals surface area contributed by atoms with Gasteiger partial charge in [-0.05, 0) is 17.5 Å². The fourth-order valence-electron chi connectivity index (χ4n) is 1.23. The third kappa shape index (κ3) is 1.82. The van der Waals surface area contributed by atoms with E-state index < -0.39 is 11.5 Å².